The van der Waals surface area contributed by atoms with E-state index in [4.69, 9.17) is 10.5 Å². The molecular weight excluding hydrogens is 250 g/mol. The van der Waals surface area contributed by atoms with Crippen LogP contribution in [0, 0.1) is 0 Å². The molecule has 1 atom stereocenters. The second-order valence-electron chi connectivity index (χ2n) is 5.00. The summed E-state index contributed by atoms with van der Waals surface area (Å²) >= 11 is 0. The van der Waals surface area contributed by atoms with E-state index in [9.17, 15) is 9.59 Å². The van der Waals surface area contributed by atoms with Crippen molar-refractivity contribution in [2.24, 2.45) is 5.73 Å². The van der Waals surface area contributed by atoms with Crippen LogP contribution in [0.3, 0.4) is 0 Å². The first kappa shape index (κ1) is 15.2. The van der Waals surface area contributed by atoms with Crippen LogP contribution in [0.2, 0.25) is 0 Å². The van der Waals surface area contributed by atoms with Crippen molar-refractivity contribution in [2.45, 2.75) is 32.3 Å². The van der Waals surface area contributed by atoms with Crippen molar-refractivity contribution in [1.29, 1.82) is 0 Å². The van der Waals surface area contributed by atoms with Gasteiger partial charge in [0.25, 0.3) is 0 Å². The van der Waals surface area contributed by atoms with Gasteiger partial charge in [0.2, 0.25) is 0 Å². The Bertz CT molecular complexity index is 462. The fourth-order valence-corrected chi connectivity index (χ4v) is 1.41. The monoisotopic (exact) mass is 269 g/mol. The van der Waals surface area contributed by atoms with Crippen LogP contribution in [-0.4, -0.2) is 40.9 Å². The molecule has 1 unspecified atom stereocenters. The van der Waals surface area contributed by atoms with E-state index < -0.39 is 23.6 Å². The molecule has 1 aromatic rings. The Morgan fingerprint density at radius 1 is 1.47 bits per heavy atom. The fraction of sp³-hybridized carbons (Fsp3) is 0.583. The Morgan fingerprint density at radius 2 is 2.11 bits per heavy atom. The third-order valence-corrected chi connectivity index (χ3v) is 2.29. The van der Waals surface area contributed by atoms with Crippen molar-refractivity contribution in [3.63, 3.8) is 0 Å². The van der Waals surface area contributed by atoms with Gasteiger partial charge in [0.1, 0.15) is 17.8 Å². The maximum Gasteiger partial charge on any atom is 0.419 e. The van der Waals surface area contributed by atoms with Crippen molar-refractivity contribution in [3.05, 3.63) is 18.2 Å². The highest BCUT2D eigenvalue weighted by Gasteiger charge is 2.24. The van der Waals surface area contributed by atoms with E-state index in [0.29, 0.717) is 5.69 Å². The lowest BCUT2D eigenvalue weighted by Crippen LogP contribution is -2.26. The molecule has 19 heavy (non-hydrogen) atoms. The van der Waals surface area contributed by atoms with Crippen molar-refractivity contribution in [1.82, 2.24) is 9.55 Å². The second-order valence-corrected chi connectivity index (χ2v) is 5.00. The number of aromatic nitrogens is 2. The van der Waals surface area contributed by atoms with Crippen molar-refractivity contribution in [2.75, 3.05) is 13.7 Å². The number of nitrogens with two attached hydrogens (primary N) is 1. The van der Waals surface area contributed by atoms with Gasteiger partial charge in [-0.1, -0.05) is 0 Å². The molecule has 0 aliphatic carbocycles. The van der Waals surface area contributed by atoms with Gasteiger partial charge in [0.05, 0.1) is 12.8 Å². The molecule has 0 aromatic carbocycles. The summed E-state index contributed by atoms with van der Waals surface area (Å²) in [5.41, 5.74) is 5.28. The van der Waals surface area contributed by atoms with Gasteiger partial charge in [-0.25, -0.2) is 14.3 Å². The number of esters is 1. The average Bonchev–Trinajstić information content (AvgIpc) is 2.77. The lowest BCUT2D eigenvalue weighted by Gasteiger charge is -2.19. The molecule has 0 bridgehead atoms. The van der Waals surface area contributed by atoms with Crippen LogP contribution in [0.5, 0.6) is 0 Å². The quantitative estimate of drug-likeness (QED) is 0.818. The van der Waals surface area contributed by atoms with E-state index in [1.807, 2.05) is 0 Å². The lowest BCUT2D eigenvalue weighted by molar-refractivity contribution is -0.142. The molecule has 0 amide bonds. The van der Waals surface area contributed by atoms with Crippen molar-refractivity contribution >= 4 is 12.1 Å². The number of hydrogen-bond donors (Lipinski definition) is 1. The molecule has 0 spiro atoms. The Morgan fingerprint density at radius 3 is 2.58 bits per heavy atom. The number of carbonyl (C=O) groups excluding carboxylic acids is 2. The van der Waals surface area contributed by atoms with Crippen molar-refractivity contribution in [3.8, 4) is 0 Å². The summed E-state index contributed by atoms with van der Waals surface area (Å²) in [7, 11) is 1.27. The van der Waals surface area contributed by atoms with E-state index in [0.717, 1.165) is 0 Å². The summed E-state index contributed by atoms with van der Waals surface area (Å²) in [5.74, 6) is -1.18. The first-order chi connectivity index (χ1) is 8.78. The predicted molar refractivity (Wildman–Crippen MR) is 67.7 cm³/mol. The summed E-state index contributed by atoms with van der Waals surface area (Å²) in [5, 5.41) is 0. The Hall–Kier alpha value is -1.89. The first-order valence-electron chi connectivity index (χ1n) is 5.83. The number of imidazole rings is 1. The minimum Gasteiger partial charge on any atom is -0.468 e. The van der Waals surface area contributed by atoms with Gasteiger partial charge in [-0.15, -0.1) is 0 Å². The van der Waals surface area contributed by atoms with Gasteiger partial charge in [0, 0.05) is 12.7 Å². The van der Waals surface area contributed by atoms with Gasteiger partial charge < -0.3 is 15.2 Å². The van der Waals surface area contributed by atoms with Gasteiger partial charge in [0.15, 0.2) is 0 Å². The van der Waals surface area contributed by atoms with Crippen LogP contribution >= 0.6 is 0 Å². The molecule has 0 fully saturated rings. The topological polar surface area (TPSA) is 96.4 Å². The van der Waals surface area contributed by atoms with E-state index in [2.05, 4.69) is 9.72 Å². The van der Waals surface area contributed by atoms with Gasteiger partial charge in [-0.2, -0.15) is 0 Å². The summed E-state index contributed by atoms with van der Waals surface area (Å²) in [6.07, 6.45) is 2.14. The van der Waals surface area contributed by atoms with Crippen LogP contribution in [-0.2, 0) is 14.3 Å². The number of nitrogens with zero attached hydrogens (tertiary/aromatic N) is 2. The molecule has 0 aliphatic rings. The minimum absolute atomic E-state index is 0.0536. The average molecular weight is 269 g/mol. The Kier molecular flexibility index (Phi) is 4.66. The van der Waals surface area contributed by atoms with E-state index in [1.165, 1.54) is 24.2 Å². The van der Waals surface area contributed by atoms with E-state index >= 15 is 0 Å². The third-order valence-electron chi connectivity index (χ3n) is 2.29. The first-order valence-corrected chi connectivity index (χ1v) is 5.83. The number of carbonyl (C=O) groups is 2. The van der Waals surface area contributed by atoms with Crippen LogP contribution in [0.1, 0.15) is 32.4 Å². The highest BCUT2D eigenvalue weighted by atomic mass is 16.6. The van der Waals surface area contributed by atoms with Gasteiger partial charge in [-0.3, -0.25) is 4.79 Å². The predicted octanol–water partition coefficient (Wildman–Crippen LogP) is 0.882. The summed E-state index contributed by atoms with van der Waals surface area (Å²) in [4.78, 5) is 27.2. The molecule has 7 heteroatoms. The molecule has 1 aromatic heterocycles. The number of rotatable bonds is 3. The molecule has 2 N–H and O–H groups in total. The van der Waals surface area contributed by atoms with Crippen molar-refractivity contribution < 1.29 is 19.1 Å². The number of ether oxygens (including phenoxy) is 2. The Labute approximate surface area is 111 Å². The highest BCUT2D eigenvalue weighted by Crippen LogP contribution is 2.15. The molecule has 0 aliphatic heterocycles. The zero-order chi connectivity index (χ0) is 14.6. The molecule has 7 nitrogen and oxygen atoms in total. The fourth-order valence-electron chi connectivity index (χ4n) is 1.41. The summed E-state index contributed by atoms with van der Waals surface area (Å²) in [6, 6.07) is 0. The summed E-state index contributed by atoms with van der Waals surface area (Å²) < 4.78 is 11.0. The van der Waals surface area contributed by atoms with Crippen LogP contribution in [0.25, 0.3) is 0 Å². The molecular formula is C12H19N3O4. The molecule has 0 radical (unpaired) electrons. The molecule has 1 rings (SSSR count). The minimum atomic E-state index is -0.686. The van der Waals surface area contributed by atoms with E-state index in [-0.39, 0.29) is 6.54 Å². The maximum atomic E-state index is 11.8. The van der Waals surface area contributed by atoms with Crippen LogP contribution in [0.15, 0.2) is 12.5 Å². The lowest BCUT2D eigenvalue weighted by atomic mass is 10.1. The summed E-state index contributed by atoms with van der Waals surface area (Å²) in [6.45, 7) is 5.34. The largest absolute Gasteiger partial charge is 0.468 e. The standard InChI is InChI=1S/C12H19N3O4/c1-12(2,3)19-11(17)15-6-9(14-7-15)8(5-13)10(16)18-4/h6-8H,5,13H2,1-4H3. The number of methoxy groups -OCH3 is 1. The molecule has 1 heterocycles. The van der Waals surface area contributed by atoms with E-state index in [1.54, 1.807) is 20.8 Å². The van der Waals surface area contributed by atoms with Crippen LogP contribution in [0.4, 0.5) is 4.79 Å². The van der Waals surface area contributed by atoms with Gasteiger partial charge >= 0.3 is 12.1 Å². The number of hydrogen-bond acceptors (Lipinski definition) is 6. The highest BCUT2D eigenvalue weighted by molar-refractivity contribution is 5.78. The zero-order valence-corrected chi connectivity index (χ0v) is 11.5. The van der Waals surface area contributed by atoms with Gasteiger partial charge in [-0.05, 0) is 20.8 Å². The molecule has 0 saturated carbocycles. The second kappa shape index (κ2) is 5.83. The molecule has 106 valence electrons. The van der Waals surface area contributed by atoms with Crippen LogP contribution < -0.4 is 5.73 Å². The normalized spacial score (nSPS) is 12.9. The molecule has 0 saturated heterocycles. The smallest absolute Gasteiger partial charge is 0.419 e. The Balaban J connectivity index is 2.87. The SMILES string of the molecule is COC(=O)C(CN)c1cn(C(=O)OC(C)(C)C)cn1. The third kappa shape index (κ3) is 4.06. The maximum absolute atomic E-state index is 11.8. The zero-order valence-electron chi connectivity index (χ0n) is 11.5.